The average molecular weight is 239 g/mol. The Morgan fingerprint density at radius 2 is 1.50 bits per heavy atom. The second-order valence-electron chi connectivity index (χ2n) is 3.84. The summed E-state index contributed by atoms with van der Waals surface area (Å²) in [6.45, 7) is 0. The summed E-state index contributed by atoms with van der Waals surface area (Å²) in [5, 5.41) is 0.390. The lowest BCUT2D eigenvalue weighted by Crippen LogP contribution is -2.30. The van der Waals surface area contributed by atoms with Crippen molar-refractivity contribution in [2.45, 2.75) is 0 Å². The Kier molecular flexibility index (Phi) is 2.34. The molecule has 1 aromatic heterocycles. The molecule has 0 spiro atoms. The summed E-state index contributed by atoms with van der Waals surface area (Å²) in [6.07, 6.45) is 0. The van der Waals surface area contributed by atoms with Crippen LogP contribution in [0.1, 0.15) is 0 Å². The maximum Gasteiger partial charge on any atom is 0.426 e. The summed E-state index contributed by atoms with van der Waals surface area (Å²) in [5.41, 5.74) is 0.440. The molecule has 0 saturated carbocycles. The van der Waals surface area contributed by atoms with E-state index in [1.807, 2.05) is 6.07 Å². The van der Waals surface area contributed by atoms with Gasteiger partial charge in [0.05, 0.1) is 11.1 Å². The standard InChI is InChI=1S/C14H9NO3/c16-13-11-8-4-5-9-12(11)18-14(17)15(13)10-6-2-1-3-7-10/h1-9H. The molecule has 0 bridgehead atoms. The second kappa shape index (κ2) is 4.00. The van der Waals surface area contributed by atoms with Gasteiger partial charge in [0.1, 0.15) is 5.58 Å². The molecule has 0 aliphatic carbocycles. The fourth-order valence-corrected chi connectivity index (χ4v) is 1.88. The van der Waals surface area contributed by atoms with Crippen LogP contribution < -0.4 is 11.3 Å². The van der Waals surface area contributed by atoms with Gasteiger partial charge in [-0.3, -0.25) is 4.79 Å². The Morgan fingerprint density at radius 3 is 2.28 bits per heavy atom. The highest BCUT2D eigenvalue weighted by Crippen LogP contribution is 2.08. The first-order valence-electron chi connectivity index (χ1n) is 5.48. The van der Waals surface area contributed by atoms with Gasteiger partial charge in [0, 0.05) is 0 Å². The highest BCUT2D eigenvalue weighted by Gasteiger charge is 2.10. The third kappa shape index (κ3) is 1.55. The van der Waals surface area contributed by atoms with E-state index in [2.05, 4.69) is 0 Å². The minimum absolute atomic E-state index is 0.305. The first kappa shape index (κ1) is 10.5. The van der Waals surface area contributed by atoms with E-state index in [1.54, 1.807) is 48.5 Å². The van der Waals surface area contributed by atoms with Crippen molar-refractivity contribution in [2.75, 3.05) is 0 Å². The van der Waals surface area contributed by atoms with E-state index in [9.17, 15) is 9.59 Å². The fraction of sp³-hybridized carbons (Fsp3) is 0. The zero-order valence-electron chi connectivity index (χ0n) is 9.37. The van der Waals surface area contributed by atoms with Crippen molar-refractivity contribution in [3.05, 3.63) is 75.5 Å². The number of rotatable bonds is 1. The predicted molar refractivity (Wildman–Crippen MR) is 68.1 cm³/mol. The van der Waals surface area contributed by atoms with Gasteiger partial charge < -0.3 is 4.42 Å². The average Bonchev–Trinajstić information content (AvgIpc) is 2.40. The molecule has 0 unspecified atom stereocenters. The number of nitrogens with zero attached hydrogens (tertiary/aromatic N) is 1. The second-order valence-corrected chi connectivity index (χ2v) is 3.84. The van der Waals surface area contributed by atoms with Crippen molar-refractivity contribution in [1.82, 2.24) is 4.57 Å². The van der Waals surface area contributed by atoms with Crippen LogP contribution in [0.4, 0.5) is 0 Å². The molecule has 0 N–H and O–H groups in total. The molecule has 0 aliphatic heterocycles. The molecule has 3 aromatic rings. The summed E-state index contributed by atoms with van der Waals surface area (Å²) < 4.78 is 6.17. The summed E-state index contributed by atoms with van der Waals surface area (Å²) in [6, 6.07) is 15.4. The Bertz CT molecular complexity index is 816. The highest BCUT2D eigenvalue weighted by atomic mass is 16.4. The van der Waals surface area contributed by atoms with Gasteiger partial charge in [-0.2, -0.15) is 0 Å². The zero-order valence-corrected chi connectivity index (χ0v) is 9.37. The van der Waals surface area contributed by atoms with Crippen LogP contribution in [0.15, 0.2) is 68.6 Å². The molecule has 4 nitrogen and oxygen atoms in total. The first-order valence-corrected chi connectivity index (χ1v) is 5.48. The number of para-hydroxylation sites is 2. The molecule has 3 rings (SSSR count). The van der Waals surface area contributed by atoms with Crippen molar-refractivity contribution >= 4 is 11.0 Å². The van der Waals surface area contributed by atoms with Crippen molar-refractivity contribution in [2.24, 2.45) is 0 Å². The van der Waals surface area contributed by atoms with Gasteiger partial charge in [-0.1, -0.05) is 30.3 Å². The largest absolute Gasteiger partial charge is 0.426 e. The predicted octanol–water partition coefficient (Wildman–Crippen LogP) is 1.94. The Morgan fingerprint density at radius 1 is 0.833 bits per heavy atom. The molecule has 0 saturated heterocycles. The highest BCUT2D eigenvalue weighted by molar-refractivity contribution is 5.75. The summed E-state index contributed by atoms with van der Waals surface area (Å²) in [5.74, 6) is -0.676. The smallest absolute Gasteiger partial charge is 0.409 e. The van der Waals surface area contributed by atoms with E-state index in [4.69, 9.17) is 4.42 Å². The van der Waals surface area contributed by atoms with Crippen LogP contribution in [0.3, 0.4) is 0 Å². The molecular weight excluding hydrogens is 230 g/mol. The molecule has 88 valence electrons. The minimum atomic E-state index is -0.676. The molecule has 0 aliphatic rings. The topological polar surface area (TPSA) is 52.2 Å². The van der Waals surface area contributed by atoms with Gasteiger partial charge in [-0.15, -0.1) is 0 Å². The summed E-state index contributed by atoms with van der Waals surface area (Å²) >= 11 is 0. The lowest BCUT2D eigenvalue weighted by Gasteiger charge is -2.04. The van der Waals surface area contributed by atoms with E-state index >= 15 is 0 Å². The monoisotopic (exact) mass is 239 g/mol. The number of hydrogen-bond donors (Lipinski definition) is 0. The third-order valence-corrected chi connectivity index (χ3v) is 2.71. The van der Waals surface area contributed by atoms with E-state index in [1.165, 1.54) is 0 Å². The summed E-state index contributed by atoms with van der Waals surface area (Å²) in [4.78, 5) is 24.1. The van der Waals surface area contributed by atoms with Crippen LogP contribution in [0.5, 0.6) is 0 Å². The Hall–Kier alpha value is -2.62. The molecule has 0 amide bonds. The van der Waals surface area contributed by atoms with E-state index in [0.717, 1.165) is 4.57 Å². The Balaban J connectivity index is 2.45. The molecule has 18 heavy (non-hydrogen) atoms. The molecular formula is C14H9NO3. The first-order chi connectivity index (χ1) is 8.77. The quantitative estimate of drug-likeness (QED) is 0.652. The molecule has 1 heterocycles. The van der Waals surface area contributed by atoms with E-state index in [0.29, 0.717) is 16.7 Å². The fourth-order valence-electron chi connectivity index (χ4n) is 1.88. The van der Waals surface area contributed by atoms with Crippen LogP contribution >= 0.6 is 0 Å². The maximum atomic E-state index is 12.3. The lowest BCUT2D eigenvalue weighted by atomic mass is 10.2. The number of fused-ring (bicyclic) bond motifs is 1. The molecule has 4 heteroatoms. The van der Waals surface area contributed by atoms with Crippen LogP contribution in [0.25, 0.3) is 16.7 Å². The zero-order chi connectivity index (χ0) is 12.5. The number of benzene rings is 2. The van der Waals surface area contributed by atoms with E-state index < -0.39 is 5.76 Å². The van der Waals surface area contributed by atoms with Crippen molar-refractivity contribution in [3.8, 4) is 5.69 Å². The van der Waals surface area contributed by atoms with Gasteiger partial charge in [0.15, 0.2) is 0 Å². The molecule has 0 atom stereocenters. The van der Waals surface area contributed by atoms with Crippen LogP contribution in [-0.4, -0.2) is 4.57 Å². The van der Waals surface area contributed by atoms with Gasteiger partial charge >= 0.3 is 5.76 Å². The number of hydrogen-bond acceptors (Lipinski definition) is 3. The Labute approximate surface area is 102 Å². The normalized spacial score (nSPS) is 10.7. The van der Waals surface area contributed by atoms with Crippen molar-refractivity contribution in [3.63, 3.8) is 0 Å². The molecule has 0 fully saturated rings. The van der Waals surface area contributed by atoms with Crippen molar-refractivity contribution in [1.29, 1.82) is 0 Å². The third-order valence-electron chi connectivity index (χ3n) is 2.71. The van der Waals surface area contributed by atoms with Gasteiger partial charge in [0.25, 0.3) is 5.56 Å². The van der Waals surface area contributed by atoms with E-state index in [-0.39, 0.29) is 5.56 Å². The van der Waals surface area contributed by atoms with Crippen LogP contribution in [-0.2, 0) is 0 Å². The number of aromatic nitrogens is 1. The molecule has 0 radical (unpaired) electrons. The van der Waals surface area contributed by atoms with Gasteiger partial charge in [0.2, 0.25) is 0 Å². The van der Waals surface area contributed by atoms with Crippen LogP contribution in [0, 0.1) is 0 Å². The lowest BCUT2D eigenvalue weighted by molar-refractivity contribution is 0.504. The molecule has 2 aromatic carbocycles. The van der Waals surface area contributed by atoms with Crippen molar-refractivity contribution < 1.29 is 4.42 Å². The SMILES string of the molecule is O=c1oc2ccccc2c(=O)n1-c1ccccc1. The van der Waals surface area contributed by atoms with Gasteiger partial charge in [-0.05, 0) is 24.3 Å². The van der Waals surface area contributed by atoms with Gasteiger partial charge in [-0.25, -0.2) is 9.36 Å². The van der Waals surface area contributed by atoms with Crippen LogP contribution in [0.2, 0.25) is 0 Å². The maximum absolute atomic E-state index is 12.3. The summed E-state index contributed by atoms with van der Waals surface area (Å²) in [7, 11) is 0. The minimum Gasteiger partial charge on any atom is -0.409 e.